The first-order valence-electron chi connectivity index (χ1n) is 10.8. The number of nitrogens with one attached hydrogen (secondary N) is 1. The van der Waals surface area contributed by atoms with Crippen molar-refractivity contribution >= 4 is 46.4 Å². The van der Waals surface area contributed by atoms with Gasteiger partial charge in [-0.1, -0.05) is 11.6 Å². The number of hydrogen-bond donors (Lipinski definition) is 1. The van der Waals surface area contributed by atoms with Crippen LogP contribution in [0.25, 0.3) is 0 Å². The molecule has 2 aliphatic rings. The Hall–Kier alpha value is -3.06. The zero-order valence-corrected chi connectivity index (χ0v) is 19.3. The van der Waals surface area contributed by atoms with E-state index in [1.54, 1.807) is 44.4 Å². The van der Waals surface area contributed by atoms with Gasteiger partial charge in [0.1, 0.15) is 12.6 Å². The SMILES string of the molecule is Cc1cc(Cl)ccc1NC(=O)CN1C(=O)C2CCCCN2c2ccc(C(=O)N(C)C)cc21. The molecule has 1 saturated heterocycles. The molecule has 1 atom stereocenters. The third-order valence-corrected chi connectivity index (χ3v) is 6.28. The van der Waals surface area contributed by atoms with E-state index in [1.165, 1.54) is 9.80 Å². The minimum Gasteiger partial charge on any atom is -0.358 e. The summed E-state index contributed by atoms with van der Waals surface area (Å²) in [5.74, 6) is -0.555. The molecule has 0 aliphatic carbocycles. The highest BCUT2D eigenvalue weighted by Crippen LogP contribution is 2.40. The Morgan fingerprint density at radius 1 is 1.12 bits per heavy atom. The van der Waals surface area contributed by atoms with Crippen LogP contribution in [0.4, 0.5) is 17.1 Å². The van der Waals surface area contributed by atoms with Crippen molar-refractivity contribution in [1.29, 1.82) is 0 Å². The van der Waals surface area contributed by atoms with Gasteiger partial charge < -0.3 is 15.1 Å². The van der Waals surface area contributed by atoms with Crippen LogP contribution < -0.4 is 15.1 Å². The molecule has 0 saturated carbocycles. The monoisotopic (exact) mass is 454 g/mol. The Kier molecular flexibility index (Phi) is 6.11. The first kappa shape index (κ1) is 22.1. The lowest BCUT2D eigenvalue weighted by atomic mass is 9.95. The predicted molar refractivity (Wildman–Crippen MR) is 127 cm³/mol. The van der Waals surface area contributed by atoms with Crippen LogP contribution in [0.2, 0.25) is 5.02 Å². The second-order valence-electron chi connectivity index (χ2n) is 8.54. The van der Waals surface area contributed by atoms with Gasteiger partial charge in [0, 0.05) is 36.9 Å². The molecule has 0 spiro atoms. The smallest absolute Gasteiger partial charge is 0.253 e. The molecule has 1 unspecified atom stereocenters. The van der Waals surface area contributed by atoms with E-state index in [2.05, 4.69) is 10.2 Å². The number of fused-ring (bicyclic) bond motifs is 3. The number of carbonyl (C=O) groups excluding carboxylic acids is 3. The molecule has 3 amide bonds. The van der Waals surface area contributed by atoms with Gasteiger partial charge >= 0.3 is 0 Å². The van der Waals surface area contributed by atoms with Crippen LogP contribution in [-0.2, 0) is 9.59 Å². The number of hydrogen-bond acceptors (Lipinski definition) is 4. The summed E-state index contributed by atoms with van der Waals surface area (Å²) < 4.78 is 0. The average molecular weight is 455 g/mol. The summed E-state index contributed by atoms with van der Waals surface area (Å²) in [6.07, 6.45) is 2.74. The van der Waals surface area contributed by atoms with Crippen molar-refractivity contribution in [2.75, 3.05) is 42.3 Å². The number of rotatable bonds is 4. The number of halogens is 1. The second-order valence-corrected chi connectivity index (χ2v) is 8.98. The van der Waals surface area contributed by atoms with Crippen LogP contribution in [-0.4, -0.2) is 55.8 Å². The summed E-state index contributed by atoms with van der Waals surface area (Å²) in [4.78, 5) is 44.0. The summed E-state index contributed by atoms with van der Waals surface area (Å²) in [6, 6.07) is 10.4. The van der Waals surface area contributed by atoms with Crippen LogP contribution >= 0.6 is 11.6 Å². The molecule has 32 heavy (non-hydrogen) atoms. The third kappa shape index (κ3) is 4.17. The lowest BCUT2D eigenvalue weighted by molar-refractivity contribution is -0.123. The number of aryl methyl sites for hydroxylation is 1. The maximum atomic E-state index is 13.4. The maximum absolute atomic E-state index is 13.4. The fourth-order valence-corrected chi connectivity index (χ4v) is 4.64. The van der Waals surface area contributed by atoms with E-state index in [-0.39, 0.29) is 30.3 Å². The summed E-state index contributed by atoms with van der Waals surface area (Å²) >= 11 is 6.01. The van der Waals surface area contributed by atoms with E-state index in [4.69, 9.17) is 11.6 Å². The van der Waals surface area contributed by atoms with E-state index in [9.17, 15) is 14.4 Å². The zero-order chi connectivity index (χ0) is 23.0. The van der Waals surface area contributed by atoms with E-state index in [0.29, 0.717) is 22.0 Å². The lowest BCUT2D eigenvalue weighted by Gasteiger charge is -2.45. The molecule has 2 aromatic rings. The summed E-state index contributed by atoms with van der Waals surface area (Å²) in [5, 5.41) is 3.48. The van der Waals surface area contributed by atoms with Gasteiger partial charge in [0.25, 0.3) is 5.91 Å². The minimum atomic E-state index is -0.302. The minimum absolute atomic E-state index is 0.102. The van der Waals surface area contributed by atoms with Crippen molar-refractivity contribution in [3.8, 4) is 0 Å². The molecule has 8 heteroatoms. The number of anilines is 3. The summed E-state index contributed by atoms with van der Waals surface area (Å²) in [6.45, 7) is 2.52. The van der Waals surface area contributed by atoms with Crippen molar-refractivity contribution in [1.82, 2.24) is 4.90 Å². The van der Waals surface area contributed by atoms with Crippen LogP contribution in [0, 0.1) is 6.92 Å². The van der Waals surface area contributed by atoms with Crippen molar-refractivity contribution in [2.24, 2.45) is 0 Å². The second kappa shape index (κ2) is 8.82. The molecule has 1 N–H and O–H groups in total. The fourth-order valence-electron chi connectivity index (χ4n) is 4.41. The maximum Gasteiger partial charge on any atom is 0.253 e. The van der Waals surface area contributed by atoms with Gasteiger partial charge in [0.05, 0.1) is 11.4 Å². The standard InChI is InChI=1S/C24H27ClN4O3/c1-15-12-17(25)8-9-18(15)26-22(30)14-29-21-13-16(23(31)27(2)3)7-10-19(21)28-11-5-4-6-20(28)24(29)32/h7-10,12-13,20H,4-6,11,14H2,1-3H3,(H,26,30). The van der Waals surface area contributed by atoms with Crippen LogP contribution in [0.3, 0.4) is 0 Å². The van der Waals surface area contributed by atoms with Crippen LogP contribution in [0.15, 0.2) is 36.4 Å². The zero-order valence-electron chi connectivity index (χ0n) is 18.5. The van der Waals surface area contributed by atoms with Crippen molar-refractivity contribution in [3.63, 3.8) is 0 Å². The first-order chi connectivity index (χ1) is 15.3. The highest BCUT2D eigenvalue weighted by Gasteiger charge is 2.40. The summed E-state index contributed by atoms with van der Waals surface area (Å²) in [5.41, 5.74) is 3.47. The largest absolute Gasteiger partial charge is 0.358 e. The molecule has 0 radical (unpaired) electrons. The number of carbonyl (C=O) groups is 3. The van der Waals surface area contributed by atoms with Crippen LogP contribution in [0.5, 0.6) is 0 Å². The molecule has 2 aliphatic heterocycles. The highest BCUT2D eigenvalue weighted by molar-refractivity contribution is 6.30. The molecule has 168 valence electrons. The molecule has 0 aromatic heterocycles. The lowest BCUT2D eigenvalue weighted by Crippen LogP contribution is -2.56. The van der Waals surface area contributed by atoms with E-state index in [1.807, 2.05) is 13.0 Å². The molecule has 7 nitrogen and oxygen atoms in total. The predicted octanol–water partition coefficient (Wildman–Crippen LogP) is 3.69. The van der Waals surface area contributed by atoms with E-state index >= 15 is 0 Å². The van der Waals surface area contributed by atoms with Gasteiger partial charge in [-0.2, -0.15) is 0 Å². The first-order valence-corrected chi connectivity index (χ1v) is 11.1. The number of amides is 3. The Balaban J connectivity index is 1.67. The summed E-state index contributed by atoms with van der Waals surface area (Å²) in [7, 11) is 3.38. The molecule has 1 fully saturated rings. The molecule has 2 aromatic carbocycles. The molecule has 0 bridgehead atoms. The molecule has 4 rings (SSSR count). The number of piperidine rings is 1. The molecule has 2 heterocycles. The van der Waals surface area contributed by atoms with Gasteiger partial charge in [-0.05, 0) is 68.1 Å². The molecular weight excluding hydrogens is 428 g/mol. The Morgan fingerprint density at radius 3 is 2.62 bits per heavy atom. The quantitative estimate of drug-likeness (QED) is 0.764. The topological polar surface area (TPSA) is 73.0 Å². The van der Waals surface area contributed by atoms with Gasteiger partial charge in [-0.15, -0.1) is 0 Å². The van der Waals surface area contributed by atoms with Crippen LogP contribution in [0.1, 0.15) is 35.2 Å². The van der Waals surface area contributed by atoms with Crippen molar-refractivity contribution < 1.29 is 14.4 Å². The van der Waals surface area contributed by atoms with Crippen molar-refractivity contribution in [3.05, 3.63) is 52.5 Å². The van der Waals surface area contributed by atoms with Crippen molar-refractivity contribution in [2.45, 2.75) is 32.2 Å². The Labute approximate surface area is 192 Å². The Bertz CT molecular complexity index is 1080. The average Bonchev–Trinajstić information content (AvgIpc) is 2.77. The normalized spacial score (nSPS) is 17.5. The van der Waals surface area contributed by atoms with E-state index < -0.39 is 0 Å². The third-order valence-electron chi connectivity index (χ3n) is 6.05. The highest BCUT2D eigenvalue weighted by atomic mass is 35.5. The van der Waals surface area contributed by atoms with Gasteiger partial charge in [0.2, 0.25) is 11.8 Å². The fraction of sp³-hybridized carbons (Fsp3) is 0.375. The molecular formula is C24H27ClN4O3. The van der Waals surface area contributed by atoms with E-state index in [0.717, 1.165) is 37.1 Å². The van der Waals surface area contributed by atoms with Gasteiger partial charge in [-0.25, -0.2) is 0 Å². The number of benzene rings is 2. The van der Waals surface area contributed by atoms with Gasteiger partial charge in [0.15, 0.2) is 0 Å². The van der Waals surface area contributed by atoms with Gasteiger partial charge in [-0.3, -0.25) is 19.3 Å². The Morgan fingerprint density at radius 2 is 1.91 bits per heavy atom. The number of nitrogens with zero attached hydrogens (tertiary/aromatic N) is 3.